The molecule has 1 saturated heterocycles. The Balaban J connectivity index is 2.16. The lowest BCUT2D eigenvalue weighted by Crippen LogP contribution is -2.60. The van der Waals surface area contributed by atoms with Crippen molar-refractivity contribution < 1.29 is 54.0 Å². The predicted octanol–water partition coefficient (Wildman–Crippen LogP) is -1.80. The van der Waals surface area contributed by atoms with Gasteiger partial charge in [0, 0.05) is 19.4 Å². The van der Waals surface area contributed by atoms with E-state index in [0.29, 0.717) is 12.0 Å². The summed E-state index contributed by atoms with van der Waals surface area (Å²) in [5.41, 5.74) is 6.25. The van der Waals surface area contributed by atoms with Crippen molar-refractivity contribution in [2.45, 2.75) is 102 Å². The minimum absolute atomic E-state index is 0.0164. The zero-order valence-corrected chi connectivity index (χ0v) is 27.3. The molecule has 1 heterocycles. The highest BCUT2D eigenvalue weighted by Gasteiger charge is 2.39. The Hall–Kier alpha value is -4.77. The minimum atomic E-state index is -1.53. The molecule has 0 saturated carbocycles. The lowest BCUT2D eigenvalue weighted by molar-refractivity contribution is -0.144. The molecule has 0 aliphatic carbocycles. The highest BCUT2D eigenvalue weighted by molar-refractivity contribution is 5.96. The number of aromatic hydroxyl groups is 1. The first kappa shape index (κ1) is 39.4. The third kappa shape index (κ3) is 11.5. The van der Waals surface area contributed by atoms with Crippen molar-refractivity contribution in [3.8, 4) is 5.75 Å². The molecule has 0 spiro atoms. The molecular formula is C31H46N6O11. The van der Waals surface area contributed by atoms with Gasteiger partial charge in [-0.1, -0.05) is 26.0 Å². The van der Waals surface area contributed by atoms with Gasteiger partial charge < -0.3 is 52.3 Å². The van der Waals surface area contributed by atoms with Crippen molar-refractivity contribution in [2.24, 2.45) is 11.7 Å². The maximum absolute atomic E-state index is 13.5. The van der Waals surface area contributed by atoms with Crippen LogP contribution in [0.25, 0.3) is 0 Å². The largest absolute Gasteiger partial charge is 0.508 e. The molecule has 7 atom stereocenters. The lowest BCUT2D eigenvalue weighted by Gasteiger charge is -2.30. The number of benzene rings is 1. The molecule has 266 valence electrons. The number of carboxylic acids is 2. The van der Waals surface area contributed by atoms with Gasteiger partial charge in [0.25, 0.3) is 0 Å². The van der Waals surface area contributed by atoms with Crippen LogP contribution in [0.1, 0.15) is 58.9 Å². The van der Waals surface area contributed by atoms with Crippen molar-refractivity contribution in [3.63, 3.8) is 0 Å². The van der Waals surface area contributed by atoms with E-state index in [1.165, 1.54) is 30.9 Å². The highest BCUT2D eigenvalue weighted by atomic mass is 16.4. The number of nitrogens with zero attached hydrogens (tertiary/aromatic N) is 1. The van der Waals surface area contributed by atoms with Crippen LogP contribution >= 0.6 is 0 Å². The molecule has 0 radical (unpaired) electrons. The van der Waals surface area contributed by atoms with Gasteiger partial charge in [-0.3, -0.25) is 28.8 Å². The number of phenols is 1. The summed E-state index contributed by atoms with van der Waals surface area (Å²) in [6.07, 6.45) is -1.41. The Morgan fingerprint density at radius 2 is 1.48 bits per heavy atom. The van der Waals surface area contributed by atoms with Gasteiger partial charge in [-0.15, -0.1) is 0 Å². The molecule has 1 fully saturated rings. The fraction of sp³-hybridized carbons (Fsp3) is 0.581. The average Bonchev–Trinajstić information content (AvgIpc) is 3.50. The monoisotopic (exact) mass is 678 g/mol. The summed E-state index contributed by atoms with van der Waals surface area (Å²) in [6.45, 7) is 5.96. The average molecular weight is 679 g/mol. The molecule has 1 aromatic rings. The fourth-order valence-corrected chi connectivity index (χ4v) is 5.10. The lowest BCUT2D eigenvalue weighted by atomic mass is 10.0. The zero-order valence-electron chi connectivity index (χ0n) is 27.3. The molecule has 1 aliphatic heterocycles. The first-order chi connectivity index (χ1) is 22.4. The van der Waals surface area contributed by atoms with Gasteiger partial charge in [-0.25, -0.2) is 4.79 Å². The van der Waals surface area contributed by atoms with Gasteiger partial charge in [0.15, 0.2) is 0 Å². The summed E-state index contributed by atoms with van der Waals surface area (Å²) in [6, 6.07) is -1.64. The van der Waals surface area contributed by atoms with Crippen molar-refractivity contribution in [1.29, 1.82) is 0 Å². The van der Waals surface area contributed by atoms with Crippen LogP contribution < -0.4 is 27.0 Å². The summed E-state index contributed by atoms with van der Waals surface area (Å²) in [5.74, 6) is -6.80. The third-order valence-corrected chi connectivity index (χ3v) is 7.88. The van der Waals surface area contributed by atoms with Crippen LogP contribution in [0.5, 0.6) is 5.75 Å². The molecule has 10 N–H and O–H groups in total. The number of phenolic OH excluding ortho intramolecular Hbond substituents is 1. The number of rotatable bonds is 17. The van der Waals surface area contributed by atoms with E-state index in [1.807, 2.05) is 0 Å². The van der Waals surface area contributed by atoms with Crippen LogP contribution in [0.15, 0.2) is 24.3 Å². The summed E-state index contributed by atoms with van der Waals surface area (Å²) < 4.78 is 0. The number of carboxylic acid groups (broad SMARTS) is 2. The number of carbonyl (C=O) groups excluding carboxylic acids is 5. The van der Waals surface area contributed by atoms with E-state index in [1.54, 1.807) is 26.0 Å². The van der Waals surface area contributed by atoms with Crippen LogP contribution in [0.3, 0.4) is 0 Å². The Morgan fingerprint density at radius 1 is 0.875 bits per heavy atom. The number of aliphatic hydroxyl groups is 1. The number of nitrogens with one attached hydrogen (secondary N) is 4. The Morgan fingerprint density at radius 3 is 2.02 bits per heavy atom. The molecular weight excluding hydrogens is 632 g/mol. The maximum Gasteiger partial charge on any atom is 0.326 e. The molecule has 0 unspecified atom stereocenters. The van der Waals surface area contributed by atoms with E-state index in [2.05, 4.69) is 21.3 Å². The predicted molar refractivity (Wildman–Crippen MR) is 169 cm³/mol. The van der Waals surface area contributed by atoms with Crippen LogP contribution in [0.4, 0.5) is 0 Å². The van der Waals surface area contributed by atoms with Crippen LogP contribution in [-0.2, 0) is 40.0 Å². The van der Waals surface area contributed by atoms with Gasteiger partial charge >= 0.3 is 11.9 Å². The summed E-state index contributed by atoms with van der Waals surface area (Å²) in [5, 5.41) is 47.9. The number of hydrogen-bond donors (Lipinski definition) is 9. The number of amides is 5. The molecule has 5 amide bonds. The van der Waals surface area contributed by atoms with Gasteiger partial charge in [0.1, 0.15) is 36.0 Å². The third-order valence-electron chi connectivity index (χ3n) is 7.88. The van der Waals surface area contributed by atoms with Crippen molar-refractivity contribution in [3.05, 3.63) is 29.8 Å². The summed E-state index contributed by atoms with van der Waals surface area (Å²) >= 11 is 0. The maximum atomic E-state index is 13.5. The zero-order chi connectivity index (χ0) is 36.3. The number of aliphatic hydroxyl groups excluding tert-OH is 1. The van der Waals surface area contributed by atoms with E-state index >= 15 is 0 Å². The Bertz CT molecular complexity index is 1340. The minimum Gasteiger partial charge on any atom is -0.508 e. The molecule has 0 bridgehead atoms. The van der Waals surface area contributed by atoms with E-state index in [-0.39, 0.29) is 38.0 Å². The second-order valence-corrected chi connectivity index (χ2v) is 12.2. The number of aliphatic carboxylic acids is 2. The Labute approximate surface area is 277 Å². The van der Waals surface area contributed by atoms with Crippen LogP contribution in [0, 0.1) is 5.92 Å². The quantitative estimate of drug-likeness (QED) is 0.0883. The van der Waals surface area contributed by atoms with E-state index in [4.69, 9.17) is 10.8 Å². The number of likely N-dealkylation sites (tertiary alicyclic amines) is 1. The van der Waals surface area contributed by atoms with E-state index < -0.39 is 89.7 Å². The van der Waals surface area contributed by atoms with Gasteiger partial charge in [-0.2, -0.15) is 0 Å². The van der Waals surface area contributed by atoms with E-state index in [9.17, 15) is 48.9 Å². The van der Waals surface area contributed by atoms with Crippen molar-refractivity contribution >= 4 is 41.5 Å². The van der Waals surface area contributed by atoms with Gasteiger partial charge in [-0.05, 0) is 56.7 Å². The molecule has 2 rings (SSSR count). The van der Waals surface area contributed by atoms with E-state index in [0.717, 1.165) is 0 Å². The fourth-order valence-electron chi connectivity index (χ4n) is 5.10. The van der Waals surface area contributed by atoms with Crippen molar-refractivity contribution in [2.75, 3.05) is 6.54 Å². The molecule has 1 aromatic carbocycles. The molecule has 1 aliphatic rings. The smallest absolute Gasteiger partial charge is 0.326 e. The normalized spacial score (nSPS) is 18.1. The summed E-state index contributed by atoms with van der Waals surface area (Å²) in [4.78, 5) is 89.4. The van der Waals surface area contributed by atoms with Gasteiger partial charge in [0.05, 0.1) is 12.1 Å². The van der Waals surface area contributed by atoms with Gasteiger partial charge in [0.2, 0.25) is 29.5 Å². The van der Waals surface area contributed by atoms with Crippen molar-refractivity contribution in [1.82, 2.24) is 26.2 Å². The highest BCUT2D eigenvalue weighted by Crippen LogP contribution is 2.20. The SMILES string of the molecule is CC(C)[C@H](NC(=O)[C@H](Cc1ccc(O)cc1)NC(=O)[C@@H]1CCCN1C(=O)[C@H](C)NC(=O)[C@@H](NC(=O)[C@@H](N)CCC(=O)O)[C@@H](C)O)C(=O)O. The number of hydrogen-bond acceptors (Lipinski definition) is 10. The molecule has 48 heavy (non-hydrogen) atoms. The second kappa shape index (κ2) is 18.0. The first-order valence-corrected chi connectivity index (χ1v) is 15.6. The first-order valence-electron chi connectivity index (χ1n) is 15.6. The molecule has 17 heteroatoms. The molecule has 17 nitrogen and oxygen atoms in total. The molecule has 0 aromatic heterocycles. The second-order valence-electron chi connectivity index (χ2n) is 12.2. The topological polar surface area (TPSA) is 278 Å². The van der Waals surface area contributed by atoms with Crippen LogP contribution in [-0.4, -0.2) is 116 Å². The summed E-state index contributed by atoms with van der Waals surface area (Å²) in [7, 11) is 0. The number of nitrogens with two attached hydrogens (primary N) is 1. The number of carbonyl (C=O) groups is 7. The Kier molecular flexibility index (Phi) is 14.7. The standard InChI is InChI=1S/C31H46N6O11/c1-15(2)24(31(47)48)35-27(43)21(14-18-7-9-19(39)10-8-18)34-28(44)22-6-5-13-37(22)30(46)16(3)33-29(45)25(17(4)38)36-26(42)20(32)11-12-23(40)41/h7-10,15-17,20-22,24-25,38-39H,5-6,11-14,32H2,1-4H3,(H,33,45)(H,34,44)(H,35,43)(H,36,42)(H,40,41)(H,47,48)/t16-,17+,20-,21-,22-,24-,25-/m0/s1. The van der Waals surface area contributed by atoms with Crippen LogP contribution in [0.2, 0.25) is 0 Å².